The lowest BCUT2D eigenvalue weighted by molar-refractivity contribution is -0.117. The van der Waals surface area contributed by atoms with E-state index in [1.54, 1.807) is 36.4 Å². The minimum Gasteiger partial charge on any atom is -0.493 e. The van der Waals surface area contributed by atoms with Crippen molar-refractivity contribution in [2.75, 3.05) is 18.6 Å². The number of ether oxygens (including phenoxy) is 2. The van der Waals surface area contributed by atoms with Gasteiger partial charge < -0.3 is 20.9 Å². The normalized spacial score (nSPS) is 13.9. The maximum atomic E-state index is 12.7. The molecule has 0 unspecified atom stereocenters. The third-order valence-corrected chi connectivity index (χ3v) is 6.20. The van der Waals surface area contributed by atoms with Gasteiger partial charge in [-0.1, -0.05) is 29.8 Å². The van der Waals surface area contributed by atoms with Gasteiger partial charge in [0.05, 0.1) is 37.5 Å². The summed E-state index contributed by atoms with van der Waals surface area (Å²) < 4.78 is 11.4. The molecule has 4 aromatic rings. The van der Waals surface area contributed by atoms with Gasteiger partial charge in [0, 0.05) is 18.9 Å². The monoisotopic (exact) mass is 586 g/mol. The third-order valence-electron chi connectivity index (χ3n) is 6.02. The van der Waals surface area contributed by atoms with Crippen molar-refractivity contribution >= 4 is 35.1 Å². The lowest BCUT2D eigenvalue weighted by atomic mass is 9.98. The molecule has 1 aliphatic rings. The largest absolute Gasteiger partial charge is 0.493 e. The number of methoxy groups -OCH3 is 1. The average Bonchev–Trinajstić information content (AvgIpc) is 3.39. The number of nitrogens with two attached hydrogens (primary N) is 2. The van der Waals surface area contributed by atoms with Crippen LogP contribution < -0.4 is 25.8 Å². The summed E-state index contributed by atoms with van der Waals surface area (Å²) in [6, 6.07) is 14.5. The number of benzene rings is 2. The molecule has 0 radical (unpaired) electrons. The maximum Gasteiger partial charge on any atom is 0.268 e. The molecule has 14 heteroatoms. The highest BCUT2D eigenvalue weighted by Crippen LogP contribution is 2.38. The highest BCUT2D eigenvalue weighted by atomic mass is 35.5. The number of aromatic nitrogens is 4. The first-order valence-electron chi connectivity index (χ1n) is 12.2. The Kier molecular flexibility index (Phi) is 9.21. The minimum atomic E-state index is -0.711. The Morgan fingerprint density at radius 3 is 2.31 bits per heavy atom. The number of carbonyl (C=O) groups excluding carboxylic acids is 3. The topological polar surface area (TPSA) is 200 Å². The summed E-state index contributed by atoms with van der Waals surface area (Å²) in [6.45, 7) is 0.357. The highest BCUT2D eigenvalue weighted by Gasteiger charge is 2.33. The molecule has 1 aliphatic heterocycles. The number of primary amides is 2. The molecule has 0 saturated carbocycles. The number of rotatable bonds is 7. The van der Waals surface area contributed by atoms with Crippen molar-refractivity contribution < 1.29 is 23.9 Å². The molecule has 42 heavy (non-hydrogen) atoms. The van der Waals surface area contributed by atoms with Crippen LogP contribution in [0.5, 0.6) is 17.2 Å². The zero-order chi connectivity index (χ0) is 30.2. The Labute approximate surface area is 244 Å². The first-order chi connectivity index (χ1) is 20.2. The number of carbonyl (C=O) groups is 3. The lowest BCUT2D eigenvalue weighted by Gasteiger charge is -2.17. The van der Waals surface area contributed by atoms with Crippen LogP contribution in [0.15, 0.2) is 67.3 Å². The molecule has 2 aromatic carbocycles. The Morgan fingerprint density at radius 1 is 0.976 bits per heavy atom. The van der Waals surface area contributed by atoms with Gasteiger partial charge in [-0.2, -0.15) is 5.26 Å². The Hall–Kier alpha value is -5.61. The summed E-state index contributed by atoms with van der Waals surface area (Å²) in [7, 11) is 1.53. The number of hydrogen-bond acceptors (Lipinski definition) is 10. The average molecular weight is 587 g/mol. The first-order valence-corrected chi connectivity index (χ1v) is 12.6. The summed E-state index contributed by atoms with van der Waals surface area (Å²) in [4.78, 5) is 51.3. The molecular weight excluding hydrogens is 564 g/mol. The van der Waals surface area contributed by atoms with Crippen molar-refractivity contribution in [1.29, 1.82) is 5.26 Å². The molecule has 5 rings (SSSR count). The fourth-order valence-electron chi connectivity index (χ4n) is 4.01. The van der Waals surface area contributed by atoms with Gasteiger partial charge in [-0.25, -0.2) is 9.97 Å². The van der Waals surface area contributed by atoms with Gasteiger partial charge in [-0.15, -0.1) is 0 Å². The third kappa shape index (κ3) is 6.93. The van der Waals surface area contributed by atoms with E-state index in [9.17, 15) is 19.6 Å². The van der Waals surface area contributed by atoms with Crippen LogP contribution in [-0.4, -0.2) is 51.3 Å². The quantitative estimate of drug-likeness (QED) is 0.324. The second-order valence-corrected chi connectivity index (χ2v) is 9.13. The Morgan fingerprint density at radius 2 is 1.67 bits per heavy atom. The Balaban J connectivity index is 0.000000343. The highest BCUT2D eigenvalue weighted by molar-refractivity contribution is 6.29. The number of nitriles is 1. The molecule has 13 nitrogen and oxygen atoms in total. The van der Waals surface area contributed by atoms with Crippen LogP contribution in [0.4, 0.5) is 5.82 Å². The van der Waals surface area contributed by atoms with Crippen molar-refractivity contribution in [3.05, 3.63) is 94.9 Å². The van der Waals surface area contributed by atoms with Gasteiger partial charge in [-0.05, 0) is 29.8 Å². The van der Waals surface area contributed by atoms with Gasteiger partial charge in [0.1, 0.15) is 28.4 Å². The van der Waals surface area contributed by atoms with Gasteiger partial charge in [0.2, 0.25) is 5.91 Å². The molecule has 0 aliphatic carbocycles. The van der Waals surface area contributed by atoms with Crippen molar-refractivity contribution in [3.8, 4) is 23.3 Å². The SMILES string of the molecule is COc1ccc([C@H]2CC(=O)N(c3cncc(C(N)=O)n3)C2)cc1Oc1ccccc1C#N.NC(=O)c1cncc(Cl)n1. The summed E-state index contributed by atoms with van der Waals surface area (Å²) in [5.41, 5.74) is 11.5. The van der Waals surface area contributed by atoms with E-state index in [1.165, 1.54) is 36.8 Å². The number of anilines is 1. The van der Waals surface area contributed by atoms with Crippen LogP contribution in [0.3, 0.4) is 0 Å². The van der Waals surface area contributed by atoms with Gasteiger partial charge in [-0.3, -0.25) is 29.3 Å². The summed E-state index contributed by atoms with van der Waals surface area (Å²) in [5, 5.41) is 9.49. The molecule has 3 amide bonds. The second-order valence-electron chi connectivity index (χ2n) is 8.74. The molecule has 1 saturated heterocycles. The molecule has 1 atom stereocenters. The van der Waals surface area contributed by atoms with Crippen LogP contribution >= 0.6 is 11.6 Å². The number of halogens is 1. The second kappa shape index (κ2) is 13.2. The molecule has 1 fully saturated rings. The van der Waals surface area contributed by atoms with Crippen molar-refractivity contribution in [2.45, 2.75) is 12.3 Å². The van der Waals surface area contributed by atoms with E-state index in [0.29, 0.717) is 29.4 Å². The van der Waals surface area contributed by atoms with Crippen molar-refractivity contribution in [3.63, 3.8) is 0 Å². The standard InChI is InChI=1S/C23H19N5O4.C5H4ClN3O/c1-31-19-7-6-14(8-20(19)32-18-5-3-2-4-15(18)10-24)16-9-22(29)28(13-16)21-12-26-11-17(27-21)23(25)30;6-4-2-8-1-3(9-4)5(7)10/h2-8,11-12,16H,9,13H2,1H3,(H2,25,30);1-2H,(H2,7,10)/t16-;/m0./s1. The smallest absolute Gasteiger partial charge is 0.268 e. The molecule has 3 heterocycles. The first kappa shape index (κ1) is 29.4. The number of nitrogens with zero attached hydrogens (tertiary/aromatic N) is 6. The number of hydrogen-bond donors (Lipinski definition) is 2. The van der Waals surface area contributed by atoms with E-state index in [1.807, 2.05) is 6.07 Å². The lowest BCUT2D eigenvalue weighted by Crippen LogP contribution is -2.26. The van der Waals surface area contributed by atoms with Crippen LogP contribution in [-0.2, 0) is 4.79 Å². The predicted molar refractivity (Wildman–Crippen MR) is 150 cm³/mol. The van der Waals surface area contributed by atoms with Crippen LogP contribution in [0.2, 0.25) is 5.15 Å². The van der Waals surface area contributed by atoms with Gasteiger partial charge in [0.25, 0.3) is 11.8 Å². The zero-order valence-corrected chi connectivity index (χ0v) is 22.9. The predicted octanol–water partition coefficient (Wildman–Crippen LogP) is 3.00. The van der Waals surface area contributed by atoms with Crippen LogP contribution in [0, 0.1) is 11.3 Å². The molecule has 0 spiro atoms. The van der Waals surface area contributed by atoms with Crippen molar-refractivity contribution in [1.82, 2.24) is 19.9 Å². The zero-order valence-electron chi connectivity index (χ0n) is 22.1. The van der Waals surface area contributed by atoms with Gasteiger partial charge in [0.15, 0.2) is 17.3 Å². The minimum absolute atomic E-state index is 0.00459. The maximum absolute atomic E-state index is 12.7. The molecule has 2 aromatic heterocycles. The summed E-state index contributed by atoms with van der Waals surface area (Å²) in [5.74, 6) is 0.0128. The van der Waals surface area contributed by atoms with E-state index in [-0.39, 0.29) is 40.6 Å². The molecule has 4 N–H and O–H groups in total. The molecular formula is C28H23ClN8O5. The fraction of sp³-hybridized carbons (Fsp3) is 0.143. The summed E-state index contributed by atoms with van der Waals surface area (Å²) in [6.07, 6.45) is 5.52. The Bertz CT molecular complexity index is 1690. The van der Waals surface area contributed by atoms with Crippen LogP contribution in [0.25, 0.3) is 0 Å². The van der Waals surface area contributed by atoms with Crippen molar-refractivity contribution in [2.24, 2.45) is 11.5 Å². The van der Waals surface area contributed by atoms with Gasteiger partial charge >= 0.3 is 0 Å². The van der Waals surface area contributed by atoms with E-state index in [2.05, 4.69) is 26.0 Å². The molecule has 212 valence electrons. The summed E-state index contributed by atoms with van der Waals surface area (Å²) >= 11 is 5.41. The van der Waals surface area contributed by atoms with E-state index >= 15 is 0 Å². The molecule has 0 bridgehead atoms. The number of amides is 3. The van der Waals surface area contributed by atoms with E-state index in [4.69, 9.17) is 32.5 Å². The van der Waals surface area contributed by atoms with Crippen LogP contribution in [0.1, 0.15) is 44.4 Å². The number of para-hydroxylation sites is 1. The van der Waals surface area contributed by atoms with E-state index in [0.717, 1.165) is 5.56 Å². The fourth-order valence-corrected chi connectivity index (χ4v) is 4.16. The van der Waals surface area contributed by atoms with E-state index < -0.39 is 11.8 Å².